The number of hydrogen-bond acceptors (Lipinski definition) is 7. The third-order valence-corrected chi connectivity index (χ3v) is 7.12. The second kappa shape index (κ2) is 13.2. The number of sulfonamides is 1. The number of benzene rings is 2. The average molecular weight is 549 g/mol. The van der Waals surface area contributed by atoms with Crippen LogP contribution in [0.1, 0.15) is 38.3 Å². The zero-order chi connectivity index (χ0) is 28.6. The quantitative estimate of drug-likeness (QED) is 0.299. The third kappa shape index (κ3) is 7.91. The van der Waals surface area contributed by atoms with Gasteiger partial charge in [-0.3, -0.25) is 24.0 Å². The van der Waals surface area contributed by atoms with Crippen molar-refractivity contribution in [2.45, 2.75) is 46.7 Å². The summed E-state index contributed by atoms with van der Waals surface area (Å²) in [5.41, 5.74) is 1.20. The first-order valence-electron chi connectivity index (χ1n) is 12.2. The minimum absolute atomic E-state index is 0.0426. The summed E-state index contributed by atoms with van der Waals surface area (Å²) >= 11 is 0. The van der Waals surface area contributed by atoms with Crippen molar-refractivity contribution < 1.29 is 27.7 Å². The smallest absolute Gasteiger partial charge is 0.271 e. The Morgan fingerprint density at radius 3 is 2.34 bits per heavy atom. The summed E-state index contributed by atoms with van der Waals surface area (Å²) in [6.45, 7) is 7.37. The predicted molar refractivity (Wildman–Crippen MR) is 145 cm³/mol. The fourth-order valence-corrected chi connectivity index (χ4v) is 4.74. The Labute approximate surface area is 224 Å². The number of nitro groups is 1. The molecule has 2 aromatic carbocycles. The number of nitrogens with one attached hydrogen (secondary N) is 1. The molecule has 0 radical (unpaired) electrons. The molecule has 38 heavy (non-hydrogen) atoms. The van der Waals surface area contributed by atoms with Crippen LogP contribution in [0.4, 0.5) is 11.4 Å². The summed E-state index contributed by atoms with van der Waals surface area (Å²) in [6.07, 6.45) is 1.19. The SMILES string of the molecule is CCC(C(=O)NCC(C)C)N(Cc1ccccc1C)C(=O)CN(c1cc([N+](=O)[O-])ccc1OC)S(C)(=O)=O. The van der Waals surface area contributed by atoms with Gasteiger partial charge in [-0.2, -0.15) is 0 Å². The van der Waals surface area contributed by atoms with Gasteiger partial charge in [0.25, 0.3) is 5.69 Å². The first-order chi connectivity index (χ1) is 17.8. The van der Waals surface area contributed by atoms with Crippen LogP contribution in [-0.2, 0) is 26.2 Å². The molecular formula is C26H36N4O7S. The van der Waals surface area contributed by atoms with Crippen LogP contribution in [0.15, 0.2) is 42.5 Å². The maximum Gasteiger partial charge on any atom is 0.271 e. The standard InChI is InChI=1S/C26H36N4O7S/c1-7-22(26(32)27-15-18(2)3)28(16-20-11-9-8-10-19(20)4)25(31)17-29(38(6,35)36)23-14-21(30(33)34)12-13-24(23)37-5/h8-14,18,22H,7,15-17H2,1-6H3,(H,27,32). The van der Waals surface area contributed by atoms with Crippen molar-refractivity contribution >= 4 is 33.2 Å². The number of aryl methyl sites for hydroxylation is 1. The van der Waals surface area contributed by atoms with Gasteiger partial charge in [0.2, 0.25) is 21.8 Å². The lowest BCUT2D eigenvalue weighted by molar-refractivity contribution is -0.384. The second-order valence-electron chi connectivity index (χ2n) is 9.39. The molecule has 2 rings (SSSR count). The average Bonchev–Trinajstić information content (AvgIpc) is 2.85. The molecule has 0 fully saturated rings. The fourth-order valence-electron chi connectivity index (χ4n) is 3.89. The highest BCUT2D eigenvalue weighted by Crippen LogP contribution is 2.34. The Bertz CT molecular complexity index is 1260. The van der Waals surface area contributed by atoms with E-state index in [0.717, 1.165) is 27.8 Å². The summed E-state index contributed by atoms with van der Waals surface area (Å²) in [6, 6.07) is 10.0. The summed E-state index contributed by atoms with van der Waals surface area (Å²) in [7, 11) is -2.80. The van der Waals surface area contributed by atoms with Gasteiger partial charge in [0.15, 0.2) is 0 Å². The van der Waals surface area contributed by atoms with Crippen LogP contribution in [-0.4, -0.2) is 62.6 Å². The normalized spacial score (nSPS) is 12.1. The number of hydrogen-bond donors (Lipinski definition) is 1. The Morgan fingerprint density at radius 1 is 1.16 bits per heavy atom. The van der Waals surface area contributed by atoms with E-state index in [0.29, 0.717) is 13.0 Å². The molecule has 0 aliphatic carbocycles. The van der Waals surface area contributed by atoms with Gasteiger partial charge in [0.05, 0.1) is 18.3 Å². The summed E-state index contributed by atoms with van der Waals surface area (Å²) in [5.74, 6) is -0.749. The monoisotopic (exact) mass is 548 g/mol. The molecule has 2 amide bonds. The van der Waals surface area contributed by atoms with E-state index < -0.39 is 33.4 Å². The molecule has 1 N–H and O–H groups in total. The molecule has 0 spiro atoms. The van der Waals surface area contributed by atoms with Gasteiger partial charge in [-0.25, -0.2) is 8.42 Å². The Morgan fingerprint density at radius 2 is 1.82 bits per heavy atom. The highest BCUT2D eigenvalue weighted by molar-refractivity contribution is 7.92. The van der Waals surface area contributed by atoms with Crippen molar-refractivity contribution in [1.82, 2.24) is 10.2 Å². The maximum absolute atomic E-state index is 13.8. The van der Waals surface area contributed by atoms with Crippen molar-refractivity contribution in [3.05, 3.63) is 63.7 Å². The highest BCUT2D eigenvalue weighted by atomic mass is 32.2. The molecule has 0 heterocycles. The van der Waals surface area contributed by atoms with Crippen molar-refractivity contribution in [1.29, 1.82) is 0 Å². The molecular weight excluding hydrogens is 512 g/mol. The lowest BCUT2D eigenvalue weighted by Crippen LogP contribution is -2.52. The van der Waals surface area contributed by atoms with Gasteiger partial charge in [0.1, 0.15) is 24.0 Å². The molecule has 0 saturated carbocycles. The lowest BCUT2D eigenvalue weighted by Gasteiger charge is -2.33. The molecule has 1 atom stereocenters. The number of anilines is 1. The zero-order valence-corrected chi connectivity index (χ0v) is 23.4. The van der Waals surface area contributed by atoms with E-state index in [2.05, 4.69) is 5.32 Å². The molecule has 0 saturated heterocycles. The maximum atomic E-state index is 13.8. The summed E-state index contributed by atoms with van der Waals surface area (Å²) in [4.78, 5) is 39.0. The summed E-state index contributed by atoms with van der Waals surface area (Å²) < 4.78 is 31.7. The number of rotatable bonds is 13. The molecule has 0 aromatic heterocycles. The molecule has 208 valence electrons. The van der Waals surface area contributed by atoms with Crippen LogP contribution in [0.25, 0.3) is 0 Å². The molecule has 2 aromatic rings. The Hall–Kier alpha value is -3.67. The van der Waals surface area contributed by atoms with Crippen LogP contribution in [0, 0.1) is 23.0 Å². The van der Waals surface area contributed by atoms with Gasteiger partial charge in [-0.15, -0.1) is 0 Å². The van der Waals surface area contributed by atoms with Crippen LogP contribution >= 0.6 is 0 Å². The van der Waals surface area contributed by atoms with Crippen LogP contribution in [0.2, 0.25) is 0 Å². The highest BCUT2D eigenvalue weighted by Gasteiger charge is 2.33. The predicted octanol–water partition coefficient (Wildman–Crippen LogP) is 3.26. The zero-order valence-electron chi connectivity index (χ0n) is 22.6. The molecule has 0 bridgehead atoms. The van der Waals surface area contributed by atoms with E-state index in [1.165, 1.54) is 24.1 Å². The fraction of sp³-hybridized carbons (Fsp3) is 0.462. The minimum Gasteiger partial charge on any atom is -0.495 e. The van der Waals surface area contributed by atoms with Crippen molar-refractivity contribution in [2.24, 2.45) is 5.92 Å². The number of methoxy groups -OCH3 is 1. The lowest BCUT2D eigenvalue weighted by atomic mass is 10.1. The number of ether oxygens (including phenoxy) is 1. The molecule has 0 aliphatic rings. The molecule has 12 heteroatoms. The largest absolute Gasteiger partial charge is 0.495 e. The molecule has 0 aliphatic heterocycles. The van der Waals surface area contributed by atoms with Gasteiger partial charge in [0, 0.05) is 25.2 Å². The Balaban J connectivity index is 2.56. The van der Waals surface area contributed by atoms with E-state index in [1.807, 2.05) is 45.0 Å². The number of nitrogens with zero attached hydrogens (tertiary/aromatic N) is 3. The van der Waals surface area contributed by atoms with Crippen LogP contribution in [0.5, 0.6) is 5.75 Å². The number of amides is 2. The van der Waals surface area contributed by atoms with Gasteiger partial charge in [-0.05, 0) is 36.5 Å². The molecule has 11 nitrogen and oxygen atoms in total. The van der Waals surface area contributed by atoms with Gasteiger partial charge in [-0.1, -0.05) is 45.0 Å². The third-order valence-electron chi connectivity index (χ3n) is 5.99. The van der Waals surface area contributed by atoms with E-state index in [9.17, 15) is 28.1 Å². The number of non-ortho nitro benzene ring substituents is 1. The van der Waals surface area contributed by atoms with E-state index in [-0.39, 0.29) is 35.5 Å². The molecule has 1 unspecified atom stereocenters. The summed E-state index contributed by atoms with van der Waals surface area (Å²) in [5, 5.41) is 14.2. The second-order valence-corrected chi connectivity index (χ2v) is 11.3. The van der Waals surface area contributed by atoms with E-state index >= 15 is 0 Å². The van der Waals surface area contributed by atoms with E-state index in [4.69, 9.17) is 4.74 Å². The first-order valence-corrected chi connectivity index (χ1v) is 14.1. The Kier molecular flexibility index (Phi) is 10.6. The van der Waals surface area contributed by atoms with Crippen LogP contribution < -0.4 is 14.4 Å². The minimum atomic E-state index is -4.09. The number of carbonyl (C=O) groups is 2. The van der Waals surface area contributed by atoms with Crippen LogP contribution in [0.3, 0.4) is 0 Å². The topological polar surface area (TPSA) is 139 Å². The van der Waals surface area contributed by atoms with Gasteiger partial charge >= 0.3 is 0 Å². The number of nitro benzene ring substituents is 1. The first kappa shape index (κ1) is 30.6. The van der Waals surface area contributed by atoms with Gasteiger partial charge < -0.3 is 15.0 Å². The number of carbonyl (C=O) groups excluding carboxylic acids is 2. The van der Waals surface area contributed by atoms with Crippen molar-refractivity contribution in [3.8, 4) is 5.75 Å². The van der Waals surface area contributed by atoms with Crippen molar-refractivity contribution in [3.63, 3.8) is 0 Å². The van der Waals surface area contributed by atoms with Crippen molar-refractivity contribution in [2.75, 3.05) is 30.8 Å². The van der Waals surface area contributed by atoms with E-state index in [1.54, 1.807) is 6.92 Å².